The molecule has 0 rings (SSSR count). The number of rotatable bonds is 3. The Labute approximate surface area is 75.8 Å². The third kappa shape index (κ3) is 4.18. The zero-order valence-corrected chi connectivity index (χ0v) is 7.97. The van der Waals surface area contributed by atoms with Gasteiger partial charge in [0.1, 0.15) is 0 Å². The molecule has 70 valence electrons. The lowest BCUT2D eigenvalue weighted by molar-refractivity contribution is -0.197. The molecule has 5 heteroatoms. The van der Waals surface area contributed by atoms with Gasteiger partial charge in [-0.3, -0.25) is 9.59 Å². The molecule has 0 aromatic heterocycles. The van der Waals surface area contributed by atoms with E-state index in [0.717, 1.165) is 0 Å². The Bertz CT molecular complexity index is 174. The molecule has 0 aliphatic rings. The number of esters is 2. The number of alkyl halides is 1. The van der Waals surface area contributed by atoms with E-state index in [2.05, 4.69) is 9.47 Å². The minimum absolute atomic E-state index is 0.202. The first-order valence-electron chi connectivity index (χ1n) is 3.47. The summed E-state index contributed by atoms with van der Waals surface area (Å²) in [5.74, 6) is -1.18. The third-order valence-electron chi connectivity index (χ3n) is 1.01. The Morgan fingerprint density at radius 3 is 1.75 bits per heavy atom. The maximum Gasteiger partial charge on any atom is 0.336 e. The van der Waals surface area contributed by atoms with Crippen molar-refractivity contribution in [3.63, 3.8) is 0 Å². The second-order valence-electron chi connectivity index (χ2n) is 2.20. The van der Waals surface area contributed by atoms with Crippen molar-refractivity contribution < 1.29 is 19.1 Å². The van der Waals surface area contributed by atoms with Crippen LogP contribution in [0.5, 0.6) is 0 Å². The monoisotopic (exact) mass is 194 g/mol. The topological polar surface area (TPSA) is 52.6 Å². The molecule has 0 saturated carbocycles. The highest BCUT2D eigenvalue weighted by Gasteiger charge is 2.32. The van der Waals surface area contributed by atoms with E-state index in [1.807, 2.05) is 0 Å². The van der Waals surface area contributed by atoms with Crippen molar-refractivity contribution in [3.05, 3.63) is 0 Å². The van der Waals surface area contributed by atoms with Gasteiger partial charge in [-0.2, -0.15) is 0 Å². The summed E-state index contributed by atoms with van der Waals surface area (Å²) in [6.45, 7) is 4.02. The highest BCUT2D eigenvalue weighted by atomic mass is 35.5. The summed E-state index contributed by atoms with van der Waals surface area (Å²) >= 11 is 5.63. The minimum atomic E-state index is -1.64. The standard InChI is InChI=1S/C7H11ClO4/c1-4-7(8,11-5(2)9)12-6(3)10/h4H2,1-3H3. The average Bonchev–Trinajstić information content (AvgIpc) is 1.83. The summed E-state index contributed by atoms with van der Waals surface area (Å²) in [7, 11) is 0. The van der Waals surface area contributed by atoms with E-state index in [0.29, 0.717) is 0 Å². The van der Waals surface area contributed by atoms with Crippen molar-refractivity contribution >= 4 is 23.5 Å². The number of hydrogen-bond acceptors (Lipinski definition) is 4. The number of ether oxygens (including phenoxy) is 2. The summed E-state index contributed by atoms with van der Waals surface area (Å²) in [6, 6.07) is 0. The molecule has 0 amide bonds. The molecule has 0 heterocycles. The van der Waals surface area contributed by atoms with E-state index in [9.17, 15) is 9.59 Å². The predicted octanol–water partition coefficient (Wildman–Crippen LogP) is 1.42. The molecule has 4 nitrogen and oxygen atoms in total. The van der Waals surface area contributed by atoms with E-state index in [1.54, 1.807) is 6.92 Å². The van der Waals surface area contributed by atoms with E-state index >= 15 is 0 Å². The Morgan fingerprint density at radius 1 is 1.25 bits per heavy atom. The Kier molecular flexibility index (Phi) is 4.03. The van der Waals surface area contributed by atoms with Crippen LogP contribution in [0.15, 0.2) is 0 Å². The number of halogens is 1. The molecule has 0 radical (unpaired) electrons. The molecule has 0 aromatic carbocycles. The van der Waals surface area contributed by atoms with Crippen LogP contribution >= 0.6 is 11.6 Å². The first-order valence-corrected chi connectivity index (χ1v) is 3.85. The number of carbonyl (C=O) groups excluding carboxylic acids is 2. The Balaban J connectivity index is 4.23. The van der Waals surface area contributed by atoms with Gasteiger partial charge in [-0.25, -0.2) is 0 Å². The quantitative estimate of drug-likeness (QED) is 0.387. The maximum atomic E-state index is 10.5. The fraction of sp³-hybridized carbons (Fsp3) is 0.714. The van der Waals surface area contributed by atoms with E-state index < -0.39 is 17.2 Å². The van der Waals surface area contributed by atoms with E-state index in [-0.39, 0.29) is 6.42 Å². The normalized spacial score (nSPS) is 10.7. The SMILES string of the molecule is CCC(Cl)(OC(C)=O)OC(C)=O. The van der Waals surface area contributed by atoms with Gasteiger partial charge in [-0.05, 0) is 11.6 Å². The summed E-state index contributed by atoms with van der Waals surface area (Å²) in [5.41, 5.74) is 0. The van der Waals surface area contributed by atoms with Crippen LogP contribution in [0.4, 0.5) is 0 Å². The van der Waals surface area contributed by atoms with Crippen LogP contribution in [0.3, 0.4) is 0 Å². The van der Waals surface area contributed by atoms with Crippen LogP contribution in [-0.4, -0.2) is 17.2 Å². The van der Waals surface area contributed by atoms with E-state index in [4.69, 9.17) is 11.6 Å². The number of carbonyl (C=O) groups is 2. The molecule has 0 bridgehead atoms. The van der Waals surface area contributed by atoms with Crippen LogP contribution in [0.2, 0.25) is 0 Å². The molecular formula is C7H11ClO4. The fourth-order valence-corrected chi connectivity index (χ4v) is 0.812. The highest BCUT2D eigenvalue weighted by molar-refractivity contribution is 6.22. The van der Waals surface area contributed by atoms with E-state index in [1.165, 1.54) is 13.8 Å². The van der Waals surface area contributed by atoms with Crippen molar-refractivity contribution in [2.75, 3.05) is 0 Å². The molecule has 0 atom stereocenters. The van der Waals surface area contributed by atoms with Gasteiger partial charge in [0, 0.05) is 20.3 Å². The summed E-state index contributed by atoms with van der Waals surface area (Å²) in [6.07, 6.45) is 0.202. The van der Waals surface area contributed by atoms with Gasteiger partial charge in [-0.1, -0.05) is 6.92 Å². The molecule has 0 aliphatic carbocycles. The maximum absolute atomic E-state index is 10.5. The minimum Gasteiger partial charge on any atom is -0.408 e. The molecule has 0 aromatic rings. The van der Waals surface area contributed by atoms with Gasteiger partial charge >= 0.3 is 17.2 Å². The average molecular weight is 195 g/mol. The van der Waals surface area contributed by atoms with Crippen molar-refractivity contribution in [3.8, 4) is 0 Å². The van der Waals surface area contributed by atoms with Gasteiger partial charge in [0.2, 0.25) is 0 Å². The van der Waals surface area contributed by atoms with Gasteiger partial charge in [0.15, 0.2) is 0 Å². The molecule has 0 fully saturated rings. The summed E-state index contributed by atoms with van der Waals surface area (Å²) in [4.78, 5) is 21.0. The second-order valence-corrected chi connectivity index (χ2v) is 2.78. The van der Waals surface area contributed by atoms with Crippen LogP contribution in [0.1, 0.15) is 27.2 Å². The Morgan fingerprint density at radius 2 is 1.58 bits per heavy atom. The summed E-state index contributed by atoms with van der Waals surface area (Å²) in [5, 5.41) is -1.64. The Hall–Kier alpha value is -0.770. The number of hydrogen-bond donors (Lipinski definition) is 0. The first-order chi connectivity index (χ1) is 5.39. The smallest absolute Gasteiger partial charge is 0.336 e. The van der Waals surface area contributed by atoms with Gasteiger partial charge < -0.3 is 9.47 Å². The van der Waals surface area contributed by atoms with Crippen LogP contribution in [0.25, 0.3) is 0 Å². The van der Waals surface area contributed by atoms with Crippen molar-refractivity contribution in [2.24, 2.45) is 0 Å². The first kappa shape index (κ1) is 11.2. The molecule has 0 N–H and O–H groups in total. The molecular weight excluding hydrogens is 184 g/mol. The molecule has 0 aliphatic heterocycles. The van der Waals surface area contributed by atoms with Crippen molar-refractivity contribution in [1.82, 2.24) is 0 Å². The second kappa shape index (κ2) is 4.30. The largest absolute Gasteiger partial charge is 0.408 e. The lowest BCUT2D eigenvalue weighted by atomic mass is 10.4. The van der Waals surface area contributed by atoms with Crippen molar-refractivity contribution in [1.29, 1.82) is 0 Å². The lowest BCUT2D eigenvalue weighted by Crippen LogP contribution is -2.32. The third-order valence-corrected chi connectivity index (χ3v) is 1.44. The predicted molar refractivity (Wildman–Crippen MR) is 42.4 cm³/mol. The van der Waals surface area contributed by atoms with Gasteiger partial charge in [0.25, 0.3) is 0 Å². The van der Waals surface area contributed by atoms with Crippen LogP contribution in [-0.2, 0) is 19.1 Å². The fourth-order valence-electron chi connectivity index (χ4n) is 0.594. The zero-order valence-electron chi connectivity index (χ0n) is 7.22. The van der Waals surface area contributed by atoms with Gasteiger partial charge in [-0.15, -0.1) is 0 Å². The lowest BCUT2D eigenvalue weighted by Gasteiger charge is -2.23. The molecule has 12 heavy (non-hydrogen) atoms. The van der Waals surface area contributed by atoms with Crippen molar-refractivity contribution in [2.45, 2.75) is 32.4 Å². The van der Waals surface area contributed by atoms with Gasteiger partial charge in [0.05, 0.1) is 0 Å². The van der Waals surface area contributed by atoms with Crippen LogP contribution in [0, 0.1) is 0 Å². The zero-order chi connectivity index (χ0) is 9.78. The molecule has 0 saturated heterocycles. The molecule has 0 unspecified atom stereocenters. The van der Waals surface area contributed by atoms with Crippen LogP contribution < -0.4 is 0 Å². The summed E-state index contributed by atoms with van der Waals surface area (Å²) < 4.78 is 9.16. The molecule has 0 spiro atoms. The highest BCUT2D eigenvalue weighted by Crippen LogP contribution is 2.23.